The minimum Gasteiger partial charge on any atom is -0.398 e. The molecule has 0 aliphatic rings. The highest BCUT2D eigenvalue weighted by Gasteiger charge is 2.28. The van der Waals surface area contributed by atoms with Crippen molar-refractivity contribution >= 4 is 27.5 Å². The molecule has 0 unspecified atom stereocenters. The van der Waals surface area contributed by atoms with Crippen LogP contribution in [0.2, 0.25) is 0 Å². The zero-order chi connectivity index (χ0) is 15.4. The van der Waals surface area contributed by atoms with Crippen LogP contribution in [0.4, 0.5) is 5.69 Å². The molecular formula is C14H24N2O2S2. The molecule has 0 saturated heterocycles. The Kier molecular flexibility index (Phi) is 5.91. The van der Waals surface area contributed by atoms with Crippen molar-refractivity contribution in [3.8, 4) is 0 Å². The summed E-state index contributed by atoms with van der Waals surface area (Å²) < 4.78 is 27.4. The van der Waals surface area contributed by atoms with E-state index in [1.54, 1.807) is 30.0 Å². The highest BCUT2D eigenvalue weighted by Crippen LogP contribution is 2.30. The number of nitrogen functional groups attached to an aromatic ring is 1. The molecule has 0 aliphatic heterocycles. The van der Waals surface area contributed by atoms with Gasteiger partial charge in [-0.25, -0.2) is 13.1 Å². The first-order valence-corrected chi connectivity index (χ1v) is 9.42. The lowest BCUT2D eigenvalue weighted by molar-refractivity contribution is 0.522. The van der Waals surface area contributed by atoms with Crippen LogP contribution in [-0.4, -0.2) is 26.0 Å². The molecule has 0 bridgehead atoms. The maximum atomic E-state index is 12.4. The summed E-state index contributed by atoms with van der Waals surface area (Å²) in [7, 11) is -3.56. The molecule has 0 radical (unpaired) electrons. The van der Waals surface area contributed by atoms with Crippen LogP contribution < -0.4 is 10.5 Å². The highest BCUT2D eigenvalue weighted by molar-refractivity contribution is 8.00. The van der Waals surface area contributed by atoms with Crippen LogP contribution in [0, 0.1) is 6.92 Å². The molecule has 0 fully saturated rings. The van der Waals surface area contributed by atoms with Crippen molar-refractivity contribution in [1.29, 1.82) is 0 Å². The Hall–Kier alpha value is -0.720. The Morgan fingerprint density at radius 1 is 1.30 bits per heavy atom. The molecule has 1 aromatic carbocycles. The van der Waals surface area contributed by atoms with E-state index in [0.29, 0.717) is 12.2 Å². The number of anilines is 1. The van der Waals surface area contributed by atoms with Gasteiger partial charge in [-0.3, -0.25) is 0 Å². The third-order valence-corrected chi connectivity index (χ3v) is 6.82. The standard InChI is InChI=1S/C14H24N2O2S2/c1-5-14(6-2,19-4)10-16-20(17,18)13-8-7-11(3)9-12(13)15/h7-9,16H,5-6,10,15H2,1-4H3. The summed E-state index contributed by atoms with van der Waals surface area (Å²) in [4.78, 5) is 0.158. The van der Waals surface area contributed by atoms with Crippen molar-refractivity contribution in [3.05, 3.63) is 23.8 Å². The fraction of sp³-hybridized carbons (Fsp3) is 0.571. The lowest BCUT2D eigenvalue weighted by atomic mass is 10.0. The second kappa shape index (κ2) is 6.83. The third-order valence-electron chi connectivity index (χ3n) is 3.76. The SMILES string of the molecule is CCC(CC)(CNS(=O)(=O)c1ccc(C)cc1N)SC. The Labute approximate surface area is 126 Å². The molecule has 4 nitrogen and oxygen atoms in total. The molecule has 0 amide bonds. The largest absolute Gasteiger partial charge is 0.398 e. The Morgan fingerprint density at radius 2 is 1.90 bits per heavy atom. The minimum atomic E-state index is -3.56. The van der Waals surface area contributed by atoms with E-state index in [9.17, 15) is 8.42 Å². The van der Waals surface area contributed by atoms with Gasteiger partial charge in [0.25, 0.3) is 0 Å². The fourth-order valence-corrected chi connectivity index (χ4v) is 4.20. The number of aryl methyl sites for hydroxylation is 1. The summed E-state index contributed by atoms with van der Waals surface area (Å²) in [6.07, 6.45) is 3.84. The van der Waals surface area contributed by atoms with Crippen LogP contribution in [0.25, 0.3) is 0 Å². The molecule has 0 aliphatic carbocycles. The quantitative estimate of drug-likeness (QED) is 0.759. The van der Waals surface area contributed by atoms with Crippen LogP contribution >= 0.6 is 11.8 Å². The van der Waals surface area contributed by atoms with Gasteiger partial charge >= 0.3 is 0 Å². The van der Waals surface area contributed by atoms with Crippen molar-refractivity contribution < 1.29 is 8.42 Å². The van der Waals surface area contributed by atoms with E-state index in [4.69, 9.17) is 5.73 Å². The molecule has 0 atom stereocenters. The van der Waals surface area contributed by atoms with Gasteiger partial charge in [0, 0.05) is 11.3 Å². The number of thioether (sulfide) groups is 1. The second-order valence-electron chi connectivity index (χ2n) is 4.96. The van der Waals surface area contributed by atoms with E-state index >= 15 is 0 Å². The summed E-state index contributed by atoms with van der Waals surface area (Å²) >= 11 is 1.70. The van der Waals surface area contributed by atoms with Crippen molar-refractivity contribution in [3.63, 3.8) is 0 Å². The van der Waals surface area contributed by atoms with Gasteiger partial charge < -0.3 is 5.73 Å². The van der Waals surface area contributed by atoms with Crippen LogP contribution in [0.5, 0.6) is 0 Å². The Balaban J connectivity index is 2.96. The number of sulfonamides is 1. The molecule has 1 rings (SSSR count). The molecule has 1 aromatic rings. The van der Waals surface area contributed by atoms with Crippen LogP contribution in [0.1, 0.15) is 32.3 Å². The summed E-state index contributed by atoms with van der Waals surface area (Å²) in [6.45, 7) is 6.45. The molecule has 0 aromatic heterocycles. The molecule has 6 heteroatoms. The maximum absolute atomic E-state index is 12.4. The topological polar surface area (TPSA) is 72.2 Å². The van der Waals surface area contributed by atoms with Gasteiger partial charge in [0.05, 0.1) is 5.69 Å². The summed E-state index contributed by atoms with van der Waals surface area (Å²) in [6, 6.07) is 4.99. The Morgan fingerprint density at radius 3 is 2.35 bits per heavy atom. The van der Waals surface area contributed by atoms with Gasteiger partial charge in [0.1, 0.15) is 4.90 Å². The van der Waals surface area contributed by atoms with Gasteiger partial charge in [-0.2, -0.15) is 11.8 Å². The number of hydrogen-bond acceptors (Lipinski definition) is 4. The monoisotopic (exact) mass is 316 g/mol. The molecule has 0 spiro atoms. The van der Waals surface area contributed by atoms with E-state index in [2.05, 4.69) is 18.6 Å². The summed E-state index contributed by atoms with van der Waals surface area (Å²) in [5.74, 6) is 0. The summed E-state index contributed by atoms with van der Waals surface area (Å²) in [5, 5.41) is 0. The molecule has 3 N–H and O–H groups in total. The lowest BCUT2D eigenvalue weighted by Crippen LogP contribution is -2.39. The maximum Gasteiger partial charge on any atom is 0.242 e. The molecule has 20 heavy (non-hydrogen) atoms. The molecule has 0 heterocycles. The Bertz CT molecular complexity index is 544. The first-order chi connectivity index (χ1) is 9.30. The van der Waals surface area contributed by atoms with Crippen molar-refractivity contribution in [2.45, 2.75) is 43.3 Å². The van der Waals surface area contributed by atoms with Crippen molar-refractivity contribution in [2.75, 3.05) is 18.5 Å². The normalized spacial score (nSPS) is 12.6. The number of rotatable bonds is 7. The van der Waals surface area contributed by atoms with Crippen LogP contribution in [0.15, 0.2) is 23.1 Å². The lowest BCUT2D eigenvalue weighted by Gasteiger charge is -2.29. The highest BCUT2D eigenvalue weighted by atomic mass is 32.2. The van der Waals surface area contributed by atoms with Crippen LogP contribution in [-0.2, 0) is 10.0 Å². The van der Waals surface area contributed by atoms with Gasteiger partial charge in [-0.1, -0.05) is 19.9 Å². The predicted molar refractivity (Wildman–Crippen MR) is 87.6 cm³/mol. The van der Waals surface area contributed by atoms with E-state index in [1.165, 1.54) is 0 Å². The molecule has 114 valence electrons. The fourth-order valence-electron chi connectivity index (χ4n) is 2.08. The van der Waals surface area contributed by atoms with Crippen molar-refractivity contribution in [2.24, 2.45) is 0 Å². The third kappa shape index (κ3) is 3.90. The van der Waals surface area contributed by atoms with E-state index in [0.717, 1.165) is 18.4 Å². The van der Waals surface area contributed by atoms with E-state index in [-0.39, 0.29) is 9.64 Å². The minimum absolute atomic E-state index is 0.0630. The number of nitrogens with two attached hydrogens (primary N) is 1. The van der Waals surface area contributed by atoms with Gasteiger partial charge in [0.2, 0.25) is 10.0 Å². The van der Waals surface area contributed by atoms with Crippen LogP contribution in [0.3, 0.4) is 0 Å². The smallest absolute Gasteiger partial charge is 0.242 e. The van der Waals surface area contributed by atoms with E-state index in [1.807, 2.05) is 13.2 Å². The molecular weight excluding hydrogens is 292 g/mol. The first kappa shape index (κ1) is 17.3. The van der Waals surface area contributed by atoms with Gasteiger partial charge in [-0.15, -0.1) is 0 Å². The average Bonchev–Trinajstić information content (AvgIpc) is 2.40. The average molecular weight is 316 g/mol. The summed E-state index contributed by atoms with van der Waals surface area (Å²) in [5.41, 5.74) is 7.06. The number of benzene rings is 1. The number of hydrogen-bond donors (Lipinski definition) is 2. The van der Waals surface area contributed by atoms with E-state index < -0.39 is 10.0 Å². The first-order valence-electron chi connectivity index (χ1n) is 6.71. The zero-order valence-corrected chi connectivity index (χ0v) is 14.2. The molecule has 0 saturated carbocycles. The number of nitrogens with one attached hydrogen (secondary N) is 1. The zero-order valence-electron chi connectivity index (χ0n) is 12.6. The van der Waals surface area contributed by atoms with Crippen molar-refractivity contribution in [1.82, 2.24) is 4.72 Å². The second-order valence-corrected chi connectivity index (χ2v) is 7.97. The predicted octanol–water partition coefficient (Wildman–Crippen LogP) is 2.78. The van der Waals surface area contributed by atoms with Gasteiger partial charge in [-0.05, 0) is 43.7 Å². The van der Waals surface area contributed by atoms with Gasteiger partial charge in [0.15, 0.2) is 0 Å².